The summed E-state index contributed by atoms with van der Waals surface area (Å²) in [6.07, 6.45) is 3.20. The Morgan fingerprint density at radius 3 is 2.31 bits per heavy atom. The molecule has 0 radical (unpaired) electrons. The quantitative estimate of drug-likeness (QED) is 0.169. The molecule has 0 spiro atoms. The molecule has 48 heavy (non-hydrogen) atoms. The van der Waals surface area contributed by atoms with Crippen LogP contribution in [0, 0.1) is 12.3 Å². The highest BCUT2D eigenvalue weighted by atomic mass is 32.1. The van der Waals surface area contributed by atoms with Gasteiger partial charge in [-0.25, -0.2) is 9.37 Å². The van der Waals surface area contributed by atoms with Gasteiger partial charge in [-0.05, 0) is 62.7 Å². The molecule has 1 aliphatic carbocycles. The second-order valence-electron chi connectivity index (χ2n) is 14.2. The van der Waals surface area contributed by atoms with Gasteiger partial charge < -0.3 is 31.3 Å². The van der Waals surface area contributed by atoms with Gasteiger partial charge in [-0.1, -0.05) is 57.9 Å². The fourth-order valence-corrected chi connectivity index (χ4v) is 6.76. The van der Waals surface area contributed by atoms with E-state index >= 15 is 0 Å². The van der Waals surface area contributed by atoms with Gasteiger partial charge in [0.25, 0.3) is 5.91 Å². The maximum atomic E-state index is 14.6. The number of aliphatic hydroxyl groups is 1. The highest BCUT2D eigenvalue weighted by Gasteiger charge is 2.53. The normalized spacial score (nSPS) is 19.8. The van der Waals surface area contributed by atoms with Crippen molar-refractivity contribution in [2.75, 3.05) is 26.7 Å². The van der Waals surface area contributed by atoms with Gasteiger partial charge in [-0.2, -0.15) is 0 Å². The number of nitrogens with one attached hydrogen (secondary N) is 4. The average Bonchev–Trinajstić information content (AvgIpc) is 3.44. The number of aryl methyl sites for hydroxylation is 1. The first-order chi connectivity index (χ1) is 22.7. The maximum absolute atomic E-state index is 14.6. The Morgan fingerprint density at radius 2 is 1.73 bits per heavy atom. The summed E-state index contributed by atoms with van der Waals surface area (Å²) in [6.45, 7) is 8.58. The molecule has 1 aliphatic heterocycles. The highest BCUT2D eigenvalue weighted by molar-refractivity contribution is 7.13. The van der Waals surface area contributed by atoms with Crippen molar-refractivity contribution in [3.8, 4) is 10.4 Å². The SMILES string of the molecule is CNCCCCCCNC(=O)C[C@H](NC(=O)[C@@H]1C[C@@H](O)CN1C(=O)[C@@H](NC(=O)C1(F)CC1)C(C)(C)C)c1ccc(-c2scnc2C)cc1. The zero-order valence-corrected chi connectivity index (χ0v) is 29.6. The Morgan fingerprint density at radius 1 is 1.06 bits per heavy atom. The van der Waals surface area contributed by atoms with Crippen LogP contribution in [0.15, 0.2) is 29.8 Å². The van der Waals surface area contributed by atoms with Crippen molar-refractivity contribution in [1.82, 2.24) is 31.2 Å². The third kappa shape index (κ3) is 9.82. The largest absolute Gasteiger partial charge is 0.391 e. The van der Waals surface area contributed by atoms with E-state index in [1.54, 1.807) is 26.3 Å². The molecular weight excluding hydrogens is 635 g/mol. The predicted octanol–water partition coefficient (Wildman–Crippen LogP) is 3.56. The Hall–Kier alpha value is -3.42. The fraction of sp³-hybridized carbons (Fsp3) is 0.629. The lowest BCUT2D eigenvalue weighted by molar-refractivity contribution is -0.145. The van der Waals surface area contributed by atoms with Gasteiger partial charge in [-0.3, -0.25) is 19.2 Å². The van der Waals surface area contributed by atoms with Crippen LogP contribution in [0.25, 0.3) is 10.4 Å². The molecule has 5 N–H and O–H groups in total. The standard InChI is InChI=1S/C35H51FN6O5S/c1-22-29(48-21-39-22)24-12-10-23(11-13-24)26(19-28(44)38-17-9-7-6-8-16-37-5)40-31(45)27-18-25(43)20-42(27)32(46)30(34(2,3)4)41-33(47)35(36)14-15-35/h10-13,21,25-27,30,37,43H,6-9,14-20H2,1-5H3,(H,38,44)(H,40,45)(H,41,47)/t25-,26+,27+,30-/m1/s1. The summed E-state index contributed by atoms with van der Waals surface area (Å²) in [6, 6.07) is 4.74. The van der Waals surface area contributed by atoms with Crippen LogP contribution in [0.1, 0.15) is 89.4 Å². The van der Waals surface area contributed by atoms with Gasteiger partial charge in [0.2, 0.25) is 17.7 Å². The molecule has 13 heteroatoms. The first-order valence-corrected chi connectivity index (χ1v) is 17.8. The second kappa shape index (κ2) is 16.3. The zero-order chi connectivity index (χ0) is 35.1. The van der Waals surface area contributed by atoms with Crippen molar-refractivity contribution in [3.63, 3.8) is 0 Å². The number of rotatable bonds is 16. The number of nitrogens with zero attached hydrogens (tertiary/aromatic N) is 2. The number of alkyl halides is 1. The Balaban J connectivity index is 1.49. The zero-order valence-electron chi connectivity index (χ0n) is 28.7. The number of benzene rings is 1. The molecular formula is C35H51FN6O5S. The number of aromatic nitrogens is 1. The topological polar surface area (TPSA) is 153 Å². The van der Waals surface area contributed by atoms with Crippen LogP contribution in [0.4, 0.5) is 4.39 Å². The number of aliphatic hydroxyl groups excluding tert-OH is 1. The summed E-state index contributed by atoms with van der Waals surface area (Å²) in [5, 5.41) is 22.3. The van der Waals surface area contributed by atoms with E-state index in [1.807, 2.05) is 38.2 Å². The minimum absolute atomic E-state index is 0.00844. The molecule has 264 valence electrons. The molecule has 11 nitrogen and oxygen atoms in total. The lowest BCUT2D eigenvalue weighted by Gasteiger charge is -2.36. The van der Waals surface area contributed by atoms with Crippen molar-refractivity contribution in [2.45, 2.75) is 109 Å². The van der Waals surface area contributed by atoms with Gasteiger partial charge in [-0.15, -0.1) is 11.3 Å². The molecule has 4 amide bonds. The number of β-amino-alcohol motifs (C(OH)–C–C–N with tert-alkyl or cyclic N) is 1. The number of unbranched alkanes of at least 4 members (excludes halogenated alkanes) is 3. The number of carbonyl (C=O) groups is 4. The van der Waals surface area contributed by atoms with Crippen LogP contribution in [-0.4, -0.2) is 89.2 Å². The van der Waals surface area contributed by atoms with E-state index in [0.717, 1.165) is 48.4 Å². The highest BCUT2D eigenvalue weighted by Crippen LogP contribution is 2.40. The Bertz CT molecular complexity index is 1420. The molecule has 1 saturated heterocycles. The van der Waals surface area contributed by atoms with Gasteiger partial charge in [0.15, 0.2) is 5.67 Å². The first-order valence-electron chi connectivity index (χ1n) is 16.9. The molecule has 2 heterocycles. The first kappa shape index (κ1) is 37.4. The molecule has 2 aliphatic rings. The van der Waals surface area contributed by atoms with Crippen molar-refractivity contribution < 1.29 is 28.7 Å². The maximum Gasteiger partial charge on any atom is 0.258 e. The minimum atomic E-state index is -1.97. The van der Waals surface area contributed by atoms with Gasteiger partial charge in [0.05, 0.1) is 34.6 Å². The lowest BCUT2D eigenvalue weighted by Crippen LogP contribution is -2.59. The number of hydrogen-bond acceptors (Lipinski definition) is 8. The molecule has 0 bridgehead atoms. The van der Waals surface area contributed by atoms with Crippen molar-refractivity contribution in [2.24, 2.45) is 5.41 Å². The van der Waals surface area contributed by atoms with Gasteiger partial charge >= 0.3 is 0 Å². The van der Waals surface area contributed by atoms with E-state index < -0.39 is 53.0 Å². The van der Waals surface area contributed by atoms with Crippen molar-refractivity contribution in [3.05, 3.63) is 41.0 Å². The number of carbonyl (C=O) groups excluding carboxylic acids is 4. The Labute approximate surface area is 286 Å². The molecule has 0 unspecified atom stereocenters. The molecule has 2 aromatic rings. The molecule has 4 atom stereocenters. The van der Waals surface area contributed by atoms with E-state index in [9.17, 15) is 28.7 Å². The van der Waals surface area contributed by atoms with E-state index in [-0.39, 0.29) is 38.1 Å². The van der Waals surface area contributed by atoms with E-state index in [2.05, 4.69) is 26.3 Å². The summed E-state index contributed by atoms with van der Waals surface area (Å²) in [5.41, 5.74) is 1.62. The summed E-state index contributed by atoms with van der Waals surface area (Å²) in [7, 11) is 1.92. The van der Waals surface area contributed by atoms with E-state index in [0.29, 0.717) is 12.1 Å². The minimum Gasteiger partial charge on any atom is -0.391 e. The van der Waals surface area contributed by atoms with Crippen LogP contribution >= 0.6 is 11.3 Å². The van der Waals surface area contributed by atoms with Crippen LogP contribution in [0.5, 0.6) is 0 Å². The van der Waals surface area contributed by atoms with E-state index in [1.165, 1.54) is 16.2 Å². The number of hydrogen-bond donors (Lipinski definition) is 5. The van der Waals surface area contributed by atoms with E-state index in [4.69, 9.17) is 0 Å². The number of halogens is 1. The lowest BCUT2D eigenvalue weighted by atomic mass is 9.85. The molecule has 2 fully saturated rings. The Kier molecular flexibility index (Phi) is 12.7. The molecule has 1 aromatic heterocycles. The van der Waals surface area contributed by atoms with Gasteiger partial charge in [0.1, 0.15) is 12.1 Å². The number of thiazole rings is 1. The van der Waals surface area contributed by atoms with Crippen molar-refractivity contribution >= 4 is 35.0 Å². The van der Waals surface area contributed by atoms with Crippen molar-refractivity contribution in [1.29, 1.82) is 0 Å². The summed E-state index contributed by atoms with van der Waals surface area (Å²) >= 11 is 1.53. The third-order valence-electron chi connectivity index (χ3n) is 9.05. The van der Waals surface area contributed by atoms with Crippen LogP contribution in [0.3, 0.4) is 0 Å². The van der Waals surface area contributed by atoms with Crippen LogP contribution in [-0.2, 0) is 19.2 Å². The van der Waals surface area contributed by atoms with Gasteiger partial charge in [0, 0.05) is 19.5 Å². The molecule has 1 saturated carbocycles. The molecule has 1 aromatic carbocycles. The average molecular weight is 687 g/mol. The number of amides is 4. The van der Waals surface area contributed by atoms with Crippen LogP contribution < -0.4 is 21.3 Å². The third-order valence-corrected chi connectivity index (χ3v) is 10.0. The second-order valence-corrected chi connectivity index (χ2v) is 15.0. The molecule has 4 rings (SSSR count). The van der Waals surface area contributed by atoms with Crippen LogP contribution in [0.2, 0.25) is 0 Å². The summed E-state index contributed by atoms with van der Waals surface area (Å²) in [4.78, 5) is 60.2. The smallest absolute Gasteiger partial charge is 0.258 e. The monoisotopic (exact) mass is 686 g/mol. The predicted molar refractivity (Wildman–Crippen MR) is 184 cm³/mol. The summed E-state index contributed by atoms with van der Waals surface area (Å²) in [5.74, 6) is -2.14. The number of likely N-dealkylation sites (tertiary alicyclic amines) is 1. The fourth-order valence-electron chi connectivity index (χ4n) is 5.95. The summed E-state index contributed by atoms with van der Waals surface area (Å²) < 4.78 is 14.6.